The van der Waals surface area contributed by atoms with Gasteiger partial charge in [-0.2, -0.15) is 0 Å². The van der Waals surface area contributed by atoms with Crippen LogP contribution in [0.15, 0.2) is 52.3 Å². The van der Waals surface area contributed by atoms with E-state index in [4.69, 9.17) is 9.15 Å². The van der Waals surface area contributed by atoms with E-state index in [9.17, 15) is 14.4 Å². The molecule has 1 N–H and O–H groups in total. The van der Waals surface area contributed by atoms with Crippen molar-refractivity contribution in [3.8, 4) is 10.8 Å². The van der Waals surface area contributed by atoms with Crippen LogP contribution in [0.1, 0.15) is 18.4 Å². The van der Waals surface area contributed by atoms with Crippen LogP contribution in [-0.2, 0) is 26.4 Å². The van der Waals surface area contributed by atoms with Gasteiger partial charge >= 0.3 is 6.03 Å². The third-order valence-electron chi connectivity index (χ3n) is 5.36. The van der Waals surface area contributed by atoms with Crippen LogP contribution < -0.4 is 5.32 Å². The van der Waals surface area contributed by atoms with Gasteiger partial charge in [0.15, 0.2) is 0 Å². The normalized spacial score (nSPS) is 17.9. The van der Waals surface area contributed by atoms with Crippen molar-refractivity contribution in [1.82, 2.24) is 25.3 Å². The number of thiophene rings is 1. The standard InChI is InChI=1S/C22H23N5O5S/c1-22(15-7-4-3-5-8-15)20(29)27(21(30)23-22)14-18(28)26(10-11-31-2)13-17-24-25-19(32-17)16-9-6-12-33-16/h3-9,12H,10-11,13-14H2,1-2H3,(H,23,30)/t22-/m1/s1. The van der Waals surface area contributed by atoms with Gasteiger partial charge in [0.05, 0.1) is 18.0 Å². The molecule has 1 atom stereocenters. The van der Waals surface area contributed by atoms with E-state index in [0.717, 1.165) is 9.78 Å². The molecule has 1 fully saturated rings. The highest BCUT2D eigenvalue weighted by molar-refractivity contribution is 7.13. The first kappa shape index (κ1) is 22.6. The van der Waals surface area contributed by atoms with Gasteiger partial charge in [-0.1, -0.05) is 36.4 Å². The summed E-state index contributed by atoms with van der Waals surface area (Å²) >= 11 is 1.46. The van der Waals surface area contributed by atoms with E-state index < -0.39 is 29.9 Å². The number of ether oxygens (including phenoxy) is 1. The molecule has 4 rings (SSSR count). The number of imide groups is 1. The van der Waals surface area contributed by atoms with Gasteiger partial charge < -0.3 is 19.4 Å². The lowest BCUT2D eigenvalue weighted by molar-refractivity contribution is -0.139. The molecule has 1 aromatic carbocycles. The molecule has 11 heteroatoms. The summed E-state index contributed by atoms with van der Waals surface area (Å²) in [6.45, 7) is 1.73. The monoisotopic (exact) mass is 469 g/mol. The van der Waals surface area contributed by atoms with E-state index in [2.05, 4.69) is 15.5 Å². The number of nitrogens with one attached hydrogen (secondary N) is 1. The summed E-state index contributed by atoms with van der Waals surface area (Å²) in [6, 6.07) is 12.0. The first-order chi connectivity index (χ1) is 15.9. The van der Waals surface area contributed by atoms with Crippen LogP contribution in [0, 0.1) is 0 Å². The third-order valence-corrected chi connectivity index (χ3v) is 6.22. The summed E-state index contributed by atoms with van der Waals surface area (Å²) in [6.07, 6.45) is 0. The second kappa shape index (κ2) is 9.51. The molecule has 2 aromatic heterocycles. The minimum atomic E-state index is -1.24. The Labute approximate surface area is 194 Å². The molecular formula is C22H23N5O5S. The van der Waals surface area contributed by atoms with E-state index in [1.54, 1.807) is 31.2 Å². The average molecular weight is 470 g/mol. The zero-order valence-corrected chi connectivity index (χ0v) is 19.0. The first-order valence-electron chi connectivity index (χ1n) is 10.2. The molecule has 3 heterocycles. The Kier molecular flexibility index (Phi) is 6.52. The van der Waals surface area contributed by atoms with E-state index in [0.29, 0.717) is 11.5 Å². The largest absolute Gasteiger partial charge is 0.418 e. The molecular weight excluding hydrogens is 446 g/mol. The lowest BCUT2D eigenvalue weighted by atomic mass is 9.92. The molecule has 0 aliphatic carbocycles. The Bertz CT molecular complexity index is 1130. The molecule has 1 aliphatic rings. The van der Waals surface area contributed by atoms with Gasteiger partial charge in [-0.25, -0.2) is 4.79 Å². The number of amides is 4. The molecule has 0 spiro atoms. The molecule has 1 aliphatic heterocycles. The van der Waals surface area contributed by atoms with Crippen molar-refractivity contribution in [2.45, 2.75) is 19.0 Å². The molecule has 172 valence electrons. The Balaban J connectivity index is 1.48. The van der Waals surface area contributed by atoms with Crippen LogP contribution in [0.4, 0.5) is 4.79 Å². The molecule has 0 bridgehead atoms. The Morgan fingerprint density at radius 2 is 2.00 bits per heavy atom. The van der Waals surface area contributed by atoms with Gasteiger partial charge in [0.1, 0.15) is 12.1 Å². The average Bonchev–Trinajstić information content (AvgIpc) is 3.55. The van der Waals surface area contributed by atoms with Crippen molar-refractivity contribution < 1.29 is 23.5 Å². The summed E-state index contributed by atoms with van der Waals surface area (Å²) in [7, 11) is 1.52. The zero-order valence-electron chi connectivity index (χ0n) is 18.2. The molecule has 4 amide bonds. The number of methoxy groups -OCH3 is 1. The van der Waals surface area contributed by atoms with Gasteiger partial charge in [0.25, 0.3) is 11.8 Å². The van der Waals surface area contributed by atoms with E-state index in [1.165, 1.54) is 23.3 Å². The SMILES string of the molecule is COCCN(Cc1nnc(-c2cccs2)o1)C(=O)CN1C(=O)N[C@](C)(c2ccccc2)C1=O. The van der Waals surface area contributed by atoms with E-state index in [1.807, 2.05) is 23.6 Å². The fraction of sp³-hybridized carbons (Fsp3) is 0.318. The number of nitrogens with zero attached hydrogens (tertiary/aromatic N) is 4. The number of carbonyl (C=O) groups excluding carboxylic acids is 3. The molecule has 0 unspecified atom stereocenters. The predicted octanol–water partition coefficient (Wildman–Crippen LogP) is 2.24. The first-order valence-corrected chi connectivity index (χ1v) is 11.1. The second-order valence-corrected chi connectivity index (χ2v) is 8.55. The van der Waals surface area contributed by atoms with E-state index in [-0.39, 0.29) is 25.6 Å². The summed E-state index contributed by atoms with van der Waals surface area (Å²) in [5.41, 5.74) is -0.598. The molecule has 1 saturated heterocycles. The van der Waals surface area contributed by atoms with Crippen molar-refractivity contribution in [3.63, 3.8) is 0 Å². The van der Waals surface area contributed by atoms with Crippen molar-refractivity contribution >= 4 is 29.2 Å². The molecule has 3 aromatic rings. The number of carbonyl (C=O) groups is 3. The number of aromatic nitrogens is 2. The maximum absolute atomic E-state index is 13.1. The fourth-order valence-electron chi connectivity index (χ4n) is 3.52. The van der Waals surface area contributed by atoms with Crippen LogP contribution in [0.5, 0.6) is 0 Å². The van der Waals surface area contributed by atoms with Crippen LogP contribution in [-0.4, -0.2) is 64.6 Å². The smallest absolute Gasteiger partial charge is 0.325 e. The summed E-state index contributed by atoms with van der Waals surface area (Å²) in [5.74, 6) is -0.318. The predicted molar refractivity (Wildman–Crippen MR) is 119 cm³/mol. The summed E-state index contributed by atoms with van der Waals surface area (Å²) in [4.78, 5) is 42.0. The Morgan fingerprint density at radius 3 is 2.70 bits per heavy atom. The van der Waals surface area contributed by atoms with Crippen molar-refractivity contribution in [3.05, 3.63) is 59.3 Å². The Morgan fingerprint density at radius 1 is 1.21 bits per heavy atom. The Hall–Kier alpha value is -3.57. The van der Waals surface area contributed by atoms with Crippen LogP contribution in [0.25, 0.3) is 10.8 Å². The lowest BCUT2D eigenvalue weighted by Gasteiger charge is -2.24. The topological polar surface area (TPSA) is 118 Å². The van der Waals surface area contributed by atoms with Crippen LogP contribution in [0.2, 0.25) is 0 Å². The van der Waals surface area contributed by atoms with E-state index >= 15 is 0 Å². The molecule has 10 nitrogen and oxygen atoms in total. The lowest BCUT2D eigenvalue weighted by Crippen LogP contribution is -2.45. The number of hydrogen-bond donors (Lipinski definition) is 1. The minimum absolute atomic E-state index is 0.0279. The van der Waals surface area contributed by atoms with Gasteiger partial charge in [-0.05, 0) is 23.9 Å². The third kappa shape index (κ3) is 4.64. The van der Waals surface area contributed by atoms with Crippen LogP contribution >= 0.6 is 11.3 Å². The van der Waals surface area contributed by atoms with Crippen molar-refractivity contribution in [1.29, 1.82) is 0 Å². The number of rotatable bonds is 9. The van der Waals surface area contributed by atoms with Crippen LogP contribution in [0.3, 0.4) is 0 Å². The van der Waals surface area contributed by atoms with Gasteiger partial charge in [0.2, 0.25) is 11.8 Å². The second-order valence-electron chi connectivity index (χ2n) is 7.60. The highest BCUT2D eigenvalue weighted by Crippen LogP contribution is 2.28. The zero-order chi connectivity index (χ0) is 23.4. The minimum Gasteiger partial charge on any atom is -0.418 e. The van der Waals surface area contributed by atoms with Gasteiger partial charge in [0, 0.05) is 13.7 Å². The number of urea groups is 1. The van der Waals surface area contributed by atoms with Gasteiger partial charge in [-0.15, -0.1) is 21.5 Å². The molecule has 0 saturated carbocycles. The fourth-order valence-corrected chi connectivity index (χ4v) is 4.16. The molecule has 0 radical (unpaired) electrons. The molecule has 33 heavy (non-hydrogen) atoms. The maximum Gasteiger partial charge on any atom is 0.325 e. The van der Waals surface area contributed by atoms with Crippen molar-refractivity contribution in [2.24, 2.45) is 0 Å². The van der Waals surface area contributed by atoms with Gasteiger partial charge in [-0.3, -0.25) is 14.5 Å². The number of benzene rings is 1. The summed E-state index contributed by atoms with van der Waals surface area (Å²) < 4.78 is 10.8. The quantitative estimate of drug-likeness (QED) is 0.478. The summed E-state index contributed by atoms with van der Waals surface area (Å²) in [5, 5.41) is 12.7. The highest BCUT2D eigenvalue weighted by Gasteiger charge is 2.49. The maximum atomic E-state index is 13.1. The van der Waals surface area contributed by atoms with Crippen molar-refractivity contribution in [2.75, 3.05) is 26.8 Å². The number of hydrogen-bond acceptors (Lipinski definition) is 8. The highest BCUT2D eigenvalue weighted by atomic mass is 32.1.